The molecule has 1 aromatic carbocycles. The molecule has 7 nitrogen and oxygen atoms in total. The van der Waals surface area contributed by atoms with Gasteiger partial charge in [-0.2, -0.15) is 0 Å². The number of benzene rings is 1. The summed E-state index contributed by atoms with van der Waals surface area (Å²) >= 11 is 33.1. The fourth-order valence-corrected chi connectivity index (χ4v) is 6.74. The zero-order valence-corrected chi connectivity index (χ0v) is 27.0. The van der Waals surface area contributed by atoms with Gasteiger partial charge in [-0.1, -0.05) is 64.1 Å². The lowest BCUT2D eigenvalue weighted by Crippen LogP contribution is -2.03. The second-order valence-corrected chi connectivity index (χ2v) is 13.4. The molecule has 7 aromatic rings. The van der Waals surface area contributed by atoms with Crippen molar-refractivity contribution in [2.75, 3.05) is 5.32 Å². The highest BCUT2D eigenvalue weighted by Crippen LogP contribution is 2.35. The Morgan fingerprint density at radius 2 is 1.23 bits per heavy atom. The van der Waals surface area contributed by atoms with Crippen LogP contribution in [0.15, 0.2) is 79.4 Å². The van der Waals surface area contributed by atoms with Crippen molar-refractivity contribution >= 4 is 107 Å². The van der Waals surface area contributed by atoms with Crippen molar-refractivity contribution in [3.63, 3.8) is 0 Å². The van der Waals surface area contributed by atoms with Crippen LogP contribution in [0.1, 0.15) is 5.56 Å². The van der Waals surface area contributed by atoms with Crippen LogP contribution in [0.2, 0.25) is 23.9 Å². The molecule has 0 fully saturated rings. The standard InChI is InChI=1S/C18H11Cl3N4S.C11H5Cl2N3S/c19-13-4-3-10(6-14(13)20)8-23-17-12-7-15(21)26-18(12)25-16(24-17)11-2-1-5-22-9-11;12-8-4-7-9(13)15-10(16-11(7)17-8)6-2-1-3-14-5-6/h1-7,9H,8H2,(H,23,24,25);1-5H. The highest BCUT2D eigenvalue weighted by molar-refractivity contribution is 7.22. The molecule has 0 aliphatic rings. The second kappa shape index (κ2) is 13.2. The van der Waals surface area contributed by atoms with Crippen LogP contribution < -0.4 is 5.32 Å². The second-order valence-electron chi connectivity index (χ2n) is 8.86. The molecule has 0 aliphatic carbocycles. The van der Waals surface area contributed by atoms with E-state index in [0.29, 0.717) is 47.9 Å². The maximum atomic E-state index is 6.19. The SMILES string of the molecule is Clc1cc2c(Cl)nc(-c3cccnc3)nc2s1.Clc1cc2c(NCc3ccc(Cl)c(Cl)c3)nc(-c3cccnc3)nc2s1. The van der Waals surface area contributed by atoms with Crippen molar-refractivity contribution < 1.29 is 0 Å². The quantitative estimate of drug-likeness (QED) is 0.179. The Morgan fingerprint density at radius 3 is 1.84 bits per heavy atom. The average molecular weight is 704 g/mol. The van der Waals surface area contributed by atoms with Gasteiger partial charge in [0.1, 0.15) is 20.6 Å². The van der Waals surface area contributed by atoms with E-state index < -0.39 is 0 Å². The Bertz CT molecular complexity index is 2050. The summed E-state index contributed by atoms with van der Waals surface area (Å²) in [5, 5.41) is 6.48. The van der Waals surface area contributed by atoms with Crippen molar-refractivity contribution in [2.45, 2.75) is 6.54 Å². The first-order valence-corrected chi connectivity index (χ1v) is 15.9. The highest BCUT2D eigenvalue weighted by Gasteiger charge is 2.13. The molecule has 0 saturated carbocycles. The minimum absolute atomic E-state index is 0.414. The van der Waals surface area contributed by atoms with E-state index in [1.165, 1.54) is 22.7 Å². The molecule has 6 aromatic heterocycles. The number of rotatable bonds is 5. The fourth-order valence-electron chi connectivity index (χ4n) is 3.97. The maximum Gasteiger partial charge on any atom is 0.164 e. The van der Waals surface area contributed by atoms with E-state index in [4.69, 9.17) is 58.0 Å². The zero-order valence-electron chi connectivity index (χ0n) is 21.6. The molecule has 0 radical (unpaired) electrons. The van der Waals surface area contributed by atoms with Crippen LogP contribution in [0.4, 0.5) is 5.82 Å². The van der Waals surface area contributed by atoms with Crippen LogP contribution in [-0.2, 0) is 6.54 Å². The van der Waals surface area contributed by atoms with Gasteiger partial charge in [0.2, 0.25) is 0 Å². The Balaban J connectivity index is 0.000000167. The number of pyridine rings is 2. The van der Waals surface area contributed by atoms with E-state index >= 15 is 0 Å². The first kappa shape index (κ1) is 29.9. The van der Waals surface area contributed by atoms with Crippen LogP contribution >= 0.6 is 80.7 Å². The number of halogens is 5. The summed E-state index contributed by atoms with van der Waals surface area (Å²) in [6.45, 7) is 0.545. The minimum atomic E-state index is 0.414. The molecule has 0 unspecified atom stereocenters. The summed E-state index contributed by atoms with van der Waals surface area (Å²) in [6.07, 6.45) is 6.85. The molecule has 7 rings (SSSR count). The molecule has 214 valence electrons. The van der Waals surface area contributed by atoms with Crippen molar-refractivity contribution in [1.29, 1.82) is 0 Å². The monoisotopic (exact) mass is 701 g/mol. The first-order valence-electron chi connectivity index (χ1n) is 12.4. The van der Waals surface area contributed by atoms with Gasteiger partial charge >= 0.3 is 0 Å². The summed E-state index contributed by atoms with van der Waals surface area (Å²) in [4.78, 5) is 27.7. The average Bonchev–Trinajstić information content (AvgIpc) is 3.60. The van der Waals surface area contributed by atoms with Gasteiger partial charge in [-0.25, -0.2) is 19.9 Å². The third kappa shape index (κ3) is 6.99. The van der Waals surface area contributed by atoms with E-state index in [2.05, 4.69) is 35.2 Å². The third-order valence-corrected chi connectivity index (χ3v) is 9.31. The zero-order chi connectivity index (χ0) is 29.9. The number of hydrogen-bond acceptors (Lipinski definition) is 9. The summed E-state index contributed by atoms with van der Waals surface area (Å²) in [5.74, 6) is 1.87. The normalized spacial score (nSPS) is 11.0. The number of nitrogens with zero attached hydrogens (tertiary/aromatic N) is 6. The number of aromatic nitrogens is 6. The summed E-state index contributed by atoms with van der Waals surface area (Å²) < 4.78 is 1.31. The van der Waals surface area contributed by atoms with Crippen LogP contribution in [0.5, 0.6) is 0 Å². The topological polar surface area (TPSA) is 89.4 Å². The van der Waals surface area contributed by atoms with Gasteiger partial charge in [-0.05, 0) is 54.1 Å². The summed E-state index contributed by atoms with van der Waals surface area (Å²) in [7, 11) is 0. The van der Waals surface area contributed by atoms with E-state index in [1.54, 1.807) is 36.9 Å². The van der Waals surface area contributed by atoms with Crippen molar-refractivity contribution in [2.24, 2.45) is 0 Å². The Morgan fingerprint density at radius 1 is 0.628 bits per heavy atom. The van der Waals surface area contributed by atoms with Gasteiger partial charge in [0.25, 0.3) is 0 Å². The van der Waals surface area contributed by atoms with Crippen LogP contribution in [0.3, 0.4) is 0 Å². The lowest BCUT2D eigenvalue weighted by Gasteiger charge is -2.09. The molecular weight excluding hydrogens is 688 g/mol. The van der Waals surface area contributed by atoms with Gasteiger partial charge in [0, 0.05) is 42.5 Å². The van der Waals surface area contributed by atoms with Crippen molar-refractivity contribution in [3.05, 3.63) is 109 Å². The fraction of sp³-hybridized carbons (Fsp3) is 0.0345. The minimum Gasteiger partial charge on any atom is -0.365 e. The van der Waals surface area contributed by atoms with Crippen LogP contribution in [-0.4, -0.2) is 29.9 Å². The predicted molar refractivity (Wildman–Crippen MR) is 180 cm³/mol. The molecule has 43 heavy (non-hydrogen) atoms. The summed E-state index contributed by atoms with van der Waals surface area (Å²) in [5.41, 5.74) is 2.67. The molecule has 0 atom stereocenters. The number of hydrogen-bond donors (Lipinski definition) is 1. The van der Waals surface area contributed by atoms with E-state index in [9.17, 15) is 0 Å². The Labute approximate surface area is 278 Å². The molecule has 6 heterocycles. The van der Waals surface area contributed by atoms with Crippen molar-refractivity contribution in [1.82, 2.24) is 29.9 Å². The molecular formula is C29H16Cl5N7S2. The van der Waals surface area contributed by atoms with Gasteiger partial charge < -0.3 is 5.32 Å². The maximum absolute atomic E-state index is 6.19. The molecule has 1 N–H and O–H groups in total. The molecule has 0 aliphatic heterocycles. The highest BCUT2D eigenvalue weighted by atomic mass is 35.5. The summed E-state index contributed by atoms with van der Waals surface area (Å²) in [6, 6.07) is 16.7. The van der Waals surface area contributed by atoms with Gasteiger partial charge in [-0.15, -0.1) is 22.7 Å². The smallest absolute Gasteiger partial charge is 0.164 e. The van der Waals surface area contributed by atoms with Gasteiger partial charge in [0.15, 0.2) is 11.6 Å². The number of anilines is 1. The van der Waals surface area contributed by atoms with E-state index in [0.717, 1.165) is 37.1 Å². The third-order valence-electron chi connectivity index (χ3n) is 5.96. The van der Waals surface area contributed by atoms with Gasteiger partial charge in [0.05, 0.1) is 29.5 Å². The molecule has 0 bridgehead atoms. The lowest BCUT2D eigenvalue weighted by molar-refractivity contribution is 1.11. The van der Waals surface area contributed by atoms with E-state index in [1.807, 2.05) is 42.5 Å². The van der Waals surface area contributed by atoms with E-state index in [-0.39, 0.29) is 0 Å². The Kier molecular flexibility index (Phi) is 9.20. The van der Waals surface area contributed by atoms with Crippen LogP contribution in [0, 0.1) is 0 Å². The number of fused-ring (bicyclic) bond motifs is 2. The Hall–Kier alpha value is -3.15. The van der Waals surface area contributed by atoms with Crippen LogP contribution in [0.25, 0.3) is 43.2 Å². The van der Waals surface area contributed by atoms with Crippen molar-refractivity contribution in [3.8, 4) is 22.8 Å². The molecule has 0 saturated heterocycles. The number of nitrogens with one attached hydrogen (secondary N) is 1. The largest absolute Gasteiger partial charge is 0.365 e. The predicted octanol–water partition coefficient (Wildman–Crippen LogP) is 10.4. The molecule has 0 spiro atoms. The van der Waals surface area contributed by atoms with Gasteiger partial charge in [-0.3, -0.25) is 9.97 Å². The molecule has 14 heteroatoms. The number of thiophene rings is 2. The lowest BCUT2D eigenvalue weighted by atomic mass is 10.2. The molecule has 0 amide bonds. The first-order chi connectivity index (χ1) is 20.8.